The lowest BCUT2D eigenvalue weighted by atomic mass is 9.70. The van der Waals surface area contributed by atoms with E-state index in [-0.39, 0.29) is 11.9 Å². The zero-order valence-electron chi connectivity index (χ0n) is 9.57. The zero-order chi connectivity index (χ0) is 11.9. The Balaban J connectivity index is 2.41. The molecule has 1 saturated carbocycles. The average molecular weight is 224 g/mol. The molecule has 2 rings (SSSR count). The normalized spacial score (nSPS) is 28.7. The molecule has 0 radical (unpaired) electrons. The number of nitrogens with two attached hydrogens (primary N) is 1. The second kappa shape index (κ2) is 3.71. The first-order chi connectivity index (χ1) is 7.42. The molecule has 1 aliphatic rings. The summed E-state index contributed by atoms with van der Waals surface area (Å²) in [5, 5.41) is 9.36. The number of aliphatic hydroxyl groups excluding tert-OH is 1. The molecule has 1 aliphatic carbocycles. The van der Waals surface area contributed by atoms with Gasteiger partial charge in [-0.15, -0.1) is 0 Å². The van der Waals surface area contributed by atoms with Crippen LogP contribution in [-0.2, 0) is 5.54 Å². The summed E-state index contributed by atoms with van der Waals surface area (Å²) in [7, 11) is 3.72. The fraction of sp³-hybridized carbons (Fsp3) is 0.500. The number of benzene rings is 1. The number of anilines is 1. The molecular formula is C12H17FN2O. The molecule has 0 unspecified atom stereocenters. The number of hydrogen-bond acceptors (Lipinski definition) is 3. The summed E-state index contributed by atoms with van der Waals surface area (Å²) in [5.74, 6) is -0.268. The first-order valence-corrected chi connectivity index (χ1v) is 5.37. The van der Waals surface area contributed by atoms with Gasteiger partial charge in [-0.2, -0.15) is 0 Å². The summed E-state index contributed by atoms with van der Waals surface area (Å²) in [6, 6.07) is 4.62. The Labute approximate surface area is 94.7 Å². The SMILES string of the molecule is CN(C)c1cc(F)ccc1C1(N)CC(O)C1. The lowest BCUT2D eigenvalue weighted by molar-refractivity contribution is 0.0212. The molecular weight excluding hydrogens is 207 g/mol. The molecule has 0 heterocycles. The van der Waals surface area contributed by atoms with Crippen LogP contribution in [-0.4, -0.2) is 25.3 Å². The van der Waals surface area contributed by atoms with Crippen molar-refractivity contribution < 1.29 is 9.50 Å². The molecule has 88 valence electrons. The summed E-state index contributed by atoms with van der Waals surface area (Å²) < 4.78 is 13.2. The third-order valence-electron chi connectivity index (χ3n) is 3.18. The predicted molar refractivity (Wildman–Crippen MR) is 61.8 cm³/mol. The first kappa shape index (κ1) is 11.4. The quantitative estimate of drug-likeness (QED) is 0.793. The van der Waals surface area contributed by atoms with Crippen molar-refractivity contribution in [3.63, 3.8) is 0 Å². The molecule has 0 aliphatic heterocycles. The van der Waals surface area contributed by atoms with Crippen molar-refractivity contribution in [2.45, 2.75) is 24.5 Å². The minimum atomic E-state index is -0.507. The van der Waals surface area contributed by atoms with E-state index in [2.05, 4.69) is 0 Å². The van der Waals surface area contributed by atoms with Crippen LogP contribution in [0.1, 0.15) is 18.4 Å². The highest BCUT2D eigenvalue weighted by atomic mass is 19.1. The van der Waals surface area contributed by atoms with E-state index < -0.39 is 5.54 Å². The lowest BCUT2D eigenvalue weighted by Gasteiger charge is -2.44. The fourth-order valence-electron chi connectivity index (χ4n) is 2.30. The van der Waals surface area contributed by atoms with E-state index in [9.17, 15) is 9.50 Å². The van der Waals surface area contributed by atoms with Crippen LogP contribution in [0.3, 0.4) is 0 Å². The maximum absolute atomic E-state index is 13.2. The molecule has 0 bridgehead atoms. The van der Waals surface area contributed by atoms with Gasteiger partial charge in [-0.1, -0.05) is 6.07 Å². The molecule has 0 atom stereocenters. The second-order valence-electron chi connectivity index (χ2n) is 4.77. The molecule has 3 N–H and O–H groups in total. The van der Waals surface area contributed by atoms with E-state index >= 15 is 0 Å². The Morgan fingerprint density at radius 2 is 2.06 bits per heavy atom. The predicted octanol–water partition coefficient (Wildman–Crippen LogP) is 1.20. The van der Waals surface area contributed by atoms with Gasteiger partial charge in [-0.05, 0) is 30.5 Å². The summed E-state index contributed by atoms with van der Waals surface area (Å²) in [5.41, 5.74) is 7.38. The van der Waals surface area contributed by atoms with Crippen LogP contribution in [0.2, 0.25) is 0 Å². The van der Waals surface area contributed by atoms with Crippen LogP contribution >= 0.6 is 0 Å². The molecule has 0 spiro atoms. The third kappa shape index (κ3) is 1.79. The van der Waals surface area contributed by atoms with Crippen molar-refractivity contribution in [1.29, 1.82) is 0 Å². The lowest BCUT2D eigenvalue weighted by Crippen LogP contribution is -2.52. The second-order valence-corrected chi connectivity index (χ2v) is 4.77. The standard InChI is InChI=1S/C12H17FN2O/c1-15(2)11-5-8(13)3-4-10(11)12(14)6-9(16)7-12/h3-5,9,16H,6-7,14H2,1-2H3. The Morgan fingerprint density at radius 1 is 1.44 bits per heavy atom. The number of nitrogens with zero attached hydrogens (tertiary/aromatic N) is 1. The van der Waals surface area contributed by atoms with Crippen LogP contribution in [0, 0.1) is 5.82 Å². The van der Waals surface area contributed by atoms with E-state index in [0.717, 1.165) is 11.3 Å². The largest absolute Gasteiger partial charge is 0.393 e. The van der Waals surface area contributed by atoms with Gasteiger partial charge in [0, 0.05) is 25.3 Å². The van der Waals surface area contributed by atoms with Gasteiger partial charge < -0.3 is 15.7 Å². The van der Waals surface area contributed by atoms with E-state index in [1.165, 1.54) is 12.1 Å². The van der Waals surface area contributed by atoms with Crippen LogP contribution in [0.4, 0.5) is 10.1 Å². The van der Waals surface area contributed by atoms with Gasteiger partial charge in [-0.25, -0.2) is 4.39 Å². The van der Waals surface area contributed by atoms with Gasteiger partial charge in [-0.3, -0.25) is 0 Å². The Morgan fingerprint density at radius 3 is 2.56 bits per heavy atom. The molecule has 0 amide bonds. The van der Waals surface area contributed by atoms with Gasteiger partial charge in [0.15, 0.2) is 0 Å². The molecule has 16 heavy (non-hydrogen) atoms. The molecule has 4 heteroatoms. The van der Waals surface area contributed by atoms with Crippen LogP contribution in [0.25, 0.3) is 0 Å². The third-order valence-corrected chi connectivity index (χ3v) is 3.18. The average Bonchev–Trinajstić information content (AvgIpc) is 2.15. The van der Waals surface area contributed by atoms with E-state index in [0.29, 0.717) is 12.8 Å². The Kier molecular flexibility index (Phi) is 2.64. The molecule has 0 saturated heterocycles. The molecule has 1 fully saturated rings. The maximum atomic E-state index is 13.2. The summed E-state index contributed by atoms with van der Waals surface area (Å²) in [6.07, 6.45) is 0.754. The minimum Gasteiger partial charge on any atom is -0.393 e. The molecule has 1 aromatic rings. The van der Waals surface area contributed by atoms with Gasteiger partial charge >= 0.3 is 0 Å². The monoisotopic (exact) mass is 224 g/mol. The number of rotatable bonds is 2. The van der Waals surface area contributed by atoms with Crippen molar-refractivity contribution in [2.75, 3.05) is 19.0 Å². The van der Waals surface area contributed by atoms with Gasteiger partial charge in [0.05, 0.1) is 6.10 Å². The molecule has 1 aromatic carbocycles. The first-order valence-electron chi connectivity index (χ1n) is 5.37. The highest BCUT2D eigenvalue weighted by Gasteiger charge is 2.43. The highest BCUT2D eigenvalue weighted by Crippen LogP contribution is 2.42. The number of hydrogen-bond donors (Lipinski definition) is 2. The van der Waals surface area contributed by atoms with Crippen molar-refractivity contribution in [2.24, 2.45) is 5.73 Å². The fourth-order valence-corrected chi connectivity index (χ4v) is 2.30. The molecule has 0 aromatic heterocycles. The highest BCUT2D eigenvalue weighted by molar-refractivity contribution is 5.56. The van der Waals surface area contributed by atoms with Crippen molar-refractivity contribution in [3.05, 3.63) is 29.6 Å². The van der Waals surface area contributed by atoms with E-state index in [1.54, 1.807) is 6.07 Å². The summed E-state index contributed by atoms with van der Waals surface area (Å²) in [4.78, 5) is 1.84. The Hall–Kier alpha value is -1.13. The molecule has 3 nitrogen and oxygen atoms in total. The van der Waals surface area contributed by atoms with Crippen molar-refractivity contribution in [3.8, 4) is 0 Å². The number of aliphatic hydroxyl groups is 1. The van der Waals surface area contributed by atoms with Crippen LogP contribution in [0.15, 0.2) is 18.2 Å². The van der Waals surface area contributed by atoms with Gasteiger partial charge in [0.25, 0.3) is 0 Å². The smallest absolute Gasteiger partial charge is 0.125 e. The number of halogens is 1. The van der Waals surface area contributed by atoms with Gasteiger partial charge in [0.2, 0.25) is 0 Å². The van der Waals surface area contributed by atoms with E-state index in [4.69, 9.17) is 5.73 Å². The summed E-state index contributed by atoms with van der Waals surface area (Å²) >= 11 is 0. The van der Waals surface area contributed by atoms with Gasteiger partial charge in [0.1, 0.15) is 5.82 Å². The maximum Gasteiger partial charge on any atom is 0.125 e. The Bertz CT molecular complexity index is 400. The minimum absolute atomic E-state index is 0.268. The van der Waals surface area contributed by atoms with Crippen LogP contribution < -0.4 is 10.6 Å². The van der Waals surface area contributed by atoms with E-state index in [1.807, 2.05) is 19.0 Å². The summed E-state index contributed by atoms with van der Waals surface area (Å²) in [6.45, 7) is 0. The zero-order valence-corrected chi connectivity index (χ0v) is 9.57. The van der Waals surface area contributed by atoms with Crippen molar-refractivity contribution in [1.82, 2.24) is 0 Å². The topological polar surface area (TPSA) is 49.5 Å². The van der Waals surface area contributed by atoms with Crippen LogP contribution in [0.5, 0.6) is 0 Å². The van der Waals surface area contributed by atoms with Crippen molar-refractivity contribution >= 4 is 5.69 Å².